The van der Waals surface area contributed by atoms with E-state index in [1.54, 1.807) is 43.5 Å². The van der Waals surface area contributed by atoms with Crippen LogP contribution in [0.2, 0.25) is 0 Å². The van der Waals surface area contributed by atoms with Crippen molar-refractivity contribution in [1.82, 2.24) is 5.32 Å². The van der Waals surface area contributed by atoms with Crippen LogP contribution < -0.4 is 19.5 Å². The fourth-order valence-electron chi connectivity index (χ4n) is 2.53. The second kappa shape index (κ2) is 11.8. The predicted molar refractivity (Wildman–Crippen MR) is 118 cm³/mol. The van der Waals surface area contributed by atoms with Gasteiger partial charge in [-0.2, -0.15) is 5.26 Å². The van der Waals surface area contributed by atoms with Crippen LogP contribution in [0.1, 0.15) is 24.5 Å². The summed E-state index contributed by atoms with van der Waals surface area (Å²) in [4.78, 5) is 24.2. The number of nitrogens with zero attached hydrogens (tertiary/aromatic N) is 1. The van der Waals surface area contributed by atoms with Gasteiger partial charge in [0.1, 0.15) is 17.4 Å². The van der Waals surface area contributed by atoms with Crippen LogP contribution in [0.5, 0.6) is 17.2 Å². The third-order valence-electron chi connectivity index (χ3n) is 4.14. The maximum atomic E-state index is 12.2. The highest BCUT2D eigenvalue weighted by Crippen LogP contribution is 2.29. The van der Waals surface area contributed by atoms with Crippen molar-refractivity contribution in [3.63, 3.8) is 0 Å². The minimum Gasteiger partial charge on any atom is -0.497 e. The Hall–Kier alpha value is -4.05. The zero-order valence-electron chi connectivity index (χ0n) is 17.7. The van der Waals surface area contributed by atoms with E-state index in [2.05, 4.69) is 5.32 Å². The number of hydrogen-bond acceptors (Lipinski definition) is 6. The number of esters is 1. The van der Waals surface area contributed by atoms with E-state index >= 15 is 0 Å². The van der Waals surface area contributed by atoms with Gasteiger partial charge in [-0.05, 0) is 54.0 Å². The molecule has 2 rings (SSSR count). The molecule has 2 aromatic rings. The highest BCUT2D eigenvalue weighted by Gasteiger charge is 2.11. The molecular formula is C24H24N2O5. The maximum absolute atomic E-state index is 12.2. The normalized spacial score (nSPS) is 11.0. The molecule has 0 spiro atoms. The molecule has 0 aliphatic carbocycles. The van der Waals surface area contributed by atoms with Crippen molar-refractivity contribution in [1.29, 1.82) is 5.26 Å². The van der Waals surface area contributed by atoms with E-state index in [1.807, 2.05) is 25.1 Å². The molecule has 0 bridgehead atoms. The molecule has 31 heavy (non-hydrogen) atoms. The SMILES string of the molecule is CCCNC(=O)/C(C#N)=C/c1ccc(OC(=O)/C=C/c2ccc(OC)cc2)c(OC)c1. The molecule has 0 unspecified atom stereocenters. The first-order chi connectivity index (χ1) is 15.0. The number of carbonyl (C=O) groups excluding carboxylic acids is 2. The van der Waals surface area contributed by atoms with E-state index in [0.717, 1.165) is 17.7 Å². The Morgan fingerprint density at radius 2 is 1.74 bits per heavy atom. The summed E-state index contributed by atoms with van der Waals surface area (Å²) in [6.07, 6.45) is 5.15. The number of hydrogen-bond donors (Lipinski definition) is 1. The van der Waals surface area contributed by atoms with Gasteiger partial charge < -0.3 is 19.5 Å². The second-order valence-electron chi connectivity index (χ2n) is 6.36. The number of methoxy groups -OCH3 is 2. The number of nitriles is 1. The monoisotopic (exact) mass is 420 g/mol. The van der Waals surface area contributed by atoms with E-state index in [9.17, 15) is 14.9 Å². The fourth-order valence-corrected chi connectivity index (χ4v) is 2.53. The summed E-state index contributed by atoms with van der Waals surface area (Å²) in [5.41, 5.74) is 1.35. The molecule has 0 saturated carbocycles. The maximum Gasteiger partial charge on any atom is 0.336 e. The molecule has 0 aliphatic rings. The molecule has 0 heterocycles. The molecule has 0 atom stereocenters. The smallest absolute Gasteiger partial charge is 0.336 e. The van der Waals surface area contributed by atoms with E-state index in [4.69, 9.17) is 14.2 Å². The first kappa shape index (κ1) is 23.2. The van der Waals surface area contributed by atoms with Crippen LogP contribution in [0.25, 0.3) is 12.2 Å². The van der Waals surface area contributed by atoms with Gasteiger partial charge in [0.2, 0.25) is 0 Å². The van der Waals surface area contributed by atoms with Gasteiger partial charge in [-0.25, -0.2) is 4.79 Å². The average Bonchev–Trinajstić information content (AvgIpc) is 2.80. The minimum absolute atomic E-state index is 0.0253. The Bertz CT molecular complexity index is 1020. The molecule has 160 valence electrons. The lowest BCUT2D eigenvalue weighted by molar-refractivity contribution is -0.129. The number of amides is 1. The van der Waals surface area contributed by atoms with E-state index < -0.39 is 11.9 Å². The highest BCUT2D eigenvalue weighted by molar-refractivity contribution is 6.01. The second-order valence-corrected chi connectivity index (χ2v) is 6.36. The van der Waals surface area contributed by atoms with E-state index in [0.29, 0.717) is 17.9 Å². The topological polar surface area (TPSA) is 97.7 Å². The van der Waals surface area contributed by atoms with E-state index in [-0.39, 0.29) is 11.3 Å². The van der Waals surface area contributed by atoms with Crippen LogP contribution in [-0.2, 0) is 9.59 Å². The first-order valence-corrected chi connectivity index (χ1v) is 9.62. The van der Waals surface area contributed by atoms with Crippen LogP contribution in [0.3, 0.4) is 0 Å². The summed E-state index contributed by atoms with van der Waals surface area (Å²) >= 11 is 0. The van der Waals surface area contributed by atoms with Crippen molar-refractivity contribution >= 4 is 24.0 Å². The van der Waals surface area contributed by atoms with Gasteiger partial charge in [-0.3, -0.25) is 4.79 Å². The van der Waals surface area contributed by atoms with Crippen molar-refractivity contribution in [2.24, 2.45) is 0 Å². The summed E-state index contributed by atoms with van der Waals surface area (Å²) in [6, 6.07) is 13.9. The van der Waals surface area contributed by atoms with Crippen molar-refractivity contribution < 1.29 is 23.8 Å². The van der Waals surface area contributed by atoms with Crippen LogP contribution in [0.4, 0.5) is 0 Å². The van der Waals surface area contributed by atoms with Gasteiger partial charge in [0.05, 0.1) is 14.2 Å². The summed E-state index contributed by atoms with van der Waals surface area (Å²) in [7, 11) is 3.02. The number of rotatable bonds is 9. The number of nitrogens with one attached hydrogen (secondary N) is 1. The van der Waals surface area contributed by atoms with Crippen LogP contribution >= 0.6 is 0 Å². The first-order valence-electron chi connectivity index (χ1n) is 9.62. The molecule has 0 fully saturated rings. The molecular weight excluding hydrogens is 396 g/mol. The van der Waals surface area contributed by atoms with Gasteiger partial charge >= 0.3 is 5.97 Å². The largest absolute Gasteiger partial charge is 0.497 e. The molecule has 7 nitrogen and oxygen atoms in total. The molecule has 7 heteroatoms. The molecule has 1 N–H and O–H groups in total. The molecule has 0 aliphatic heterocycles. The summed E-state index contributed by atoms with van der Waals surface area (Å²) in [5, 5.41) is 11.9. The Morgan fingerprint density at radius 3 is 2.35 bits per heavy atom. The van der Waals surface area contributed by atoms with Crippen LogP contribution in [0.15, 0.2) is 54.1 Å². The zero-order valence-corrected chi connectivity index (χ0v) is 17.7. The summed E-state index contributed by atoms with van der Waals surface area (Å²) < 4.78 is 15.7. The van der Waals surface area contributed by atoms with Gasteiger partial charge in [0.15, 0.2) is 11.5 Å². The summed E-state index contributed by atoms with van der Waals surface area (Å²) in [5.74, 6) is 0.224. The number of benzene rings is 2. The fraction of sp³-hybridized carbons (Fsp3) is 0.208. The van der Waals surface area contributed by atoms with Crippen LogP contribution in [0, 0.1) is 11.3 Å². The lowest BCUT2D eigenvalue weighted by atomic mass is 10.1. The Kier molecular flexibility index (Phi) is 8.87. The molecule has 0 radical (unpaired) electrons. The van der Waals surface area contributed by atoms with Gasteiger partial charge in [-0.15, -0.1) is 0 Å². The van der Waals surface area contributed by atoms with E-state index in [1.165, 1.54) is 19.3 Å². The summed E-state index contributed by atoms with van der Waals surface area (Å²) in [6.45, 7) is 2.41. The number of carbonyl (C=O) groups is 2. The zero-order chi connectivity index (χ0) is 22.6. The predicted octanol–water partition coefficient (Wildman–Crippen LogP) is 3.76. The third-order valence-corrected chi connectivity index (χ3v) is 4.14. The number of ether oxygens (including phenoxy) is 3. The molecule has 1 amide bonds. The quantitative estimate of drug-likeness (QED) is 0.287. The van der Waals surface area contributed by atoms with Gasteiger partial charge in [0.25, 0.3) is 5.91 Å². The minimum atomic E-state index is -0.575. The van der Waals surface area contributed by atoms with Crippen molar-refractivity contribution in [2.45, 2.75) is 13.3 Å². The lowest BCUT2D eigenvalue weighted by Crippen LogP contribution is -2.25. The van der Waals surface area contributed by atoms with Crippen molar-refractivity contribution in [3.05, 3.63) is 65.2 Å². The van der Waals surface area contributed by atoms with Crippen molar-refractivity contribution in [2.75, 3.05) is 20.8 Å². The Morgan fingerprint density at radius 1 is 1.03 bits per heavy atom. The standard InChI is InChI=1S/C24H24N2O5/c1-4-13-26-24(28)19(16-25)14-18-7-11-21(22(15-18)30-3)31-23(27)12-8-17-5-9-20(29-2)10-6-17/h5-12,14-15H,4,13H2,1-3H3,(H,26,28)/b12-8+,19-14+. The Labute approximate surface area is 181 Å². The lowest BCUT2D eigenvalue weighted by Gasteiger charge is -2.09. The van der Waals surface area contributed by atoms with Crippen molar-refractivity contribution in [3.8, 4) is 23.3 Å². The van der Waals surface area contributed by atoms with Gasteiger partial charge in [0, 0.05) is 12.6 Å². The molecule has 0 saturated heterocycles. The van der Waals surface area contributed by atoms with Crippen LogP contribution in [-0.4, -0.2) is 32.6 Å². The average molecular weight is 420 g/mol. The molecule has 0 aromatic heterocycles. The van der Waals surface area contributed by atoms with Gasteiger partial charge in [-0.1, -0.05) is 25.1 Å². The highest BCUT2D eigenvalue weighted by atomic mass is 16.6. The molecule has 2 aromatic carbocycles. The third kappa shape index (κ3) is 7.05. The Balaban J connectivity index is 2.12.